The van der Waals surface area contributed by atoms with E-state index < -0.39 is 6.03 Å². The molecule has 0 radical (unpaired) electrons. The van der Waals surface area contributed by atoms with Gasteiger partial charge in [-0.1, -0.05) is 12.8 Å². The van der Waals surface area contributed by atoms with Crippen LogP contribution in [0.1, 0.15) is 32.1 Å². The molecule has 3 aliphatic carbocycles. The Balaban J connectivity index is 1.16. The Labute approximate surface area is 191 Å². The number of imide groups is 1. The minimum atomic E-state index is -0.558. The van der Waals surface area contributed by atoms with Crippen LogP contribution in [0.3, 0.4) is 0 Å². The molecule has 1 unspecified atom stereocenters. The smallest absolute Gasteiger partial charge is 0.327 e. The normalized spacial score (nSPS) is 21.4. The molecule has 170 valence electrons. The minimum absolute atomic E-state index is 0.0519. The van der Waals surface area contributed by atoms with E-state index in [0.717, 1.165) is 30.5 Å². The molecule has 3 saturated carbocycles. The molecule has 0 saturated heterocycles. The van der Waals surface area contributed by atoms with Gasteiger partial charge >= 0.3 is 6.03 Å². The van der Waals surface area contributed by atoms with Crippen molar-refractivity contribution < 1.29 is 14.3 Å². The van der Waals surface area contributed by atoms with Gasteiger partial charge in [0.15, 0.2) is 0 Å². The van der Waals surface area contributed by atoms with Crippen LogP contribution >= 0.6 is 0 Å². The summed E-state index contributed by atoms with van der Waals surface area (Å²) in [6.45, 7) is 0. The summed E-state index contributed by atoms with van der Waals surface area (Å²) < 4.78 is 7.58. The van der Waals surface area contributed by atoms with Gasteiger partial charge in [0.1, 0.15) is 17.3 Å². The van der Waals surface area contributed by atoms with E-state index in [0.29, 0.717) is 29.2 Å². The van der Waals surface area contributed by atoms with Crippen molar-refractivity contribution >= 4 is 17.8 Å². The van der Waals surface area contributed by atoms with Gasteiger partial charge in [0, 0.05) is 37.0 Å². The van der Waals surface area contributed by atoms with Crippen LogP contribution in [0.5, 0.6) is 11.5 Å². The number of aryl methyl sites for hydroxylation is 1. The lowest BCUT2D eigenvalue weighted by molar-refractivity contribution is -0.128. The summed E-state index contributed by atoms with van der Waals surface area (Å²) in [5.74, 6) is 2.26. The topological polar surface area (TPSA) is 111 Å². The zero-order valence-electron chi connectivity index (χ0n) is 18.4. The van der Waals surface area contributed by atoms with E-state index in [-0.39, 0.29) is 11.8 Å². The second-order valence-corrected chi connectivity index (χ2v) is 8.83. The number of ether oxygens (including phenoxy) is 1. The largest absolute Gasteiger partial charge is 0.456 e. The predicted octanol–water partition coefficient (Wildman–Crippen LogP) is 4.14. The number of hydrogen-bond donors (Lipinski definition) is 2. The van der Waals surface area contributed by atoms with E-state index in [1.165, 1.54) is 19.0 Å². The van der Waals surface area contributed by atoms with E-state index in [4.69, 9.17) is 4.74 Å². The summed E-state index contributed by atoms with van der Waals surface area (Å²) in [6, 6.07) is 6.35. The third kappa shape index (κ3) is 4.87. The van der Waals surface area contributed by atoms with Crippen molar-refractivity contribution in [2.45, 2.75) is 32.1 Å². The number of carbonyl (C=O) groups is 2. The summed E-state index contributed by atoms with van der Waals surface area (Å²) in [7, 11) is 1.85. The van der Waals surface area contributed by atoms with Gasteiger partial charge in [-0.25, -0.2) is 9.78 Å². The average molecular weight is 447 g/mol. The summed E-state index contributed by atoms with van der Waals surface area (Å²) >= 11 is 0. The number of nitrogens with zero attached hydrogens (tertiary/aromatic N) is 4. The second kappa shape index (κ2) is 9.01. The van der Waals surface area contributed by atoms with Crippen LogP contribution in [0.2, 0.25) is 0 Å². The Hall–Kier alpha value is -3.75. The van der Waals surface area contributed by atoms with Gasteiger partial charge in [0.2, 0.25) is 5.91 Å². The minimum Gasteiger partial charge on any atom is -0.456 e. The molecule has 0 spiro atoms. The highest BCUT2D eigenvalue weighted by Crippen LogP contribution is 2.44. The lowest BCUT2D eigenvalue weighted by Gasteiger charge is -2.41. The molecule has 3 aromatic rings. The molecule has 3 fully saturated rings. The van der Waals surface area contributed by atoms with Crippen LogP contribution in [0.25, 0.3) is 11.3 Å². The van der Waals surface area contributed by atoms with E-state index in [1.807, 2.05) is 19.3 Å². The van der Waals surface area contributed by atoms with Crippen molar-refractivity contribution in [3.8, 4) is 22.8 Å². The Morgan fingerprint density at radius 2 is 1.91 bits per heavy atom. The molecular weight excluding hydrogens is 420 g/mol. The standard InChI is InChI=1S/C24H26N6O3/c1-30-14-17(12-27-30)21-11-18(8-9-25-21)33-19-6-7-22(26-13-19)28-24(32)29-23(31)20-10-15-2-4-16(20)5-3-15/h6-9,11-16,20H,2-5,10H2,1H3,(H2,26,28,29,31,32). The van der Waals surface area contributed by atoms with Crippen molar-refractivity contribution in [1.29, 1.82) is 0 Å². The van der Waals surface area contributed by atoms with Crippen LogP contribution in [0.15, 0.2) is 49.1 Å². The van der Waals surface area contributed by atoms with Crippen LogP contribution in [-0.4, -0.2) is 31.7 Å². The van der Waals surface area contributed by atoms with Crippen molar-refractivity contribution in [2.24, 2.45) is 24.8 Å². The lowest BCUT2D eigenvalue weighted by Crippen LogP contribution is -2.45. The molecule has 3 aromatic heterocycles. The average Bonchev–Trinajstić information content (AvgIpc) is 3.27. The fourth-order valence-electron chi connectivity index (χ4n) is 4.89. The Bertz CT molecular complexity index is 1150. The maximum absolute atomic E-state index is 12.6. The van der Waals surface area contributed by atoms with Crippen LogP contribution in [0, 0.1) is 17.8 Å². The lowest BCUT2D eigenvalue weighted by atomic mass is 9.64. The molecule has 3 amide bonds. The molecule has 1 atom stereocenters. The SMILES string of the molecule is Cn1cc(-c2cc(Oc3ccc(NC(=O)NC(=O)C4CC5CCC4CC5)nc3)ccn2)cn1. The van der Waals surface area contributed by atoms with Crippen molar-refractivity contribution in [1.82, 2.24) is 25.1 Å². The summed E-state index contributed by atoms with van der Waals surface area (Å²) in [4.78, 5) is 33.4. The first-order chi connectivity index (χ1) is 16.0. The van der Waals surface area contributed by atoms with E-state index in [9.17, 15) is 9.59 Å². The molecule has 2 N–H and O–H groups in total. The molecule has 9 heteroatoms. The molecule has 9 nitrogen and oxygen atoms in total. The second-order valence-electron chi connectivity index (χ2n) is 8.83. The van der Waals surface area contributed by atoms with Crippen LogP contribution in [-0.2, 0) is 11.8 Å². The van der Waals surface area contributed by atoms with Gasteiger partial charge in [0.05, 0.1) is 18.1 Å². The third-order valence-corrected chi connectivity index (χ3v) is 6.57. The number of aromatic nitrogens is 4. The monoisotopic (exact) mass is 446 g/mol. The fraction of sp³-hybridized carbons (Fsp3) is 0.375. The maximum Gasteiger partial charge on any atom is 0.327 e. The molecule has 6 rings (SSSR count). The highest BCUT2D eigenvalue weighted by Gasteiger charge is 2.39. The van der Waals surface area contributed by atoms with E-state index in [2.05, 4.69) is 25.7 Å². The summed E-state index contributed by atoms with van der Waals surface area (Å²) in [6.07, 6.45) is 12.3. The highest BCUT2D eigenvalue weighted by atomic mass is 16.5. The Morgan fingerprint density at radius 1 is 1.06 bits per heavy atom. The molecule has 3 aliphatic rings. The number of nitrogens with one attached hydrogen (secondary N) is 2. The number of urea groups is 1. The summed E-state index contributed by atoms with van der Waals surface area (Å²) in [5.41, 5.74) is 1.64. The van der Waals surface area contributed by atoms with Gasteiger partial charge in [-0.15, -0.1) is 0 Å². The van der Waals surface area contributed by atoms with Crippen LogP contribution in [0.4, 0.5) is 10.6 Å². The number of anilines is 1. The molecule has 3 heterocycles. The van der Waals surface area contributed by atoms with Crippen molar-refractivity contribution in [3.05, 3.63) is 49.1 Å². The third-order valence-electron chi connectivity index (χ3n) is 6.57. The van der Waals surface area contributed by atoms with Gasteiger partial charge in [-0.2, -0.15) is 5.10 Å². The highest BCUT2D eigenvalue weighted by molar-refractivity contribution is 6.01. The first kappa shape index (κ1) is 21.1. The first-order valence-corrected chi connectivity index (χ1v) is 11.2. The van der Waals surface area contributed by atoms with Gasteiger partial charge < -0.3 is 4.74 Å². The fourth-order valence-corrected chi connectivity index (χ4v) is 4.89. The van der Waals surface area contributed by atoms with Gasteiger partial charge in [-0.05, 0) is 49.3 Å². The summed E-state index contributed by atoms with van der Waals surface area (Å²) in [5, 5.41) is 9.27. The van der Waals surface area contributed by atoms with Crippen molar-refractivity contribution in [3.63, 3.8) is 0 Å². The first-order valence-electron chi connectivity index (χ1n) is 11.2. The molecule has 0 aromatic carbocycles. The number of amides is 3. The maximum atomic E-state index is 12.6. The Kier molecular flexibility index (Phi) is 5.77. The zero-order valence-corrected chi connectivity index (χ0v) is 18.4. The number of hydrogen-bond acceptors (Lipinski definition) is 6. The Morgan fingerprint density at radius 3 is 2.58 bits per heavy atom. The van der Waals surface area contributed by atoms with E-state index in [1.54, 1.807) is 35.3 Å². The van der Waals surface area contributed by atoms with Crippen molar-refractivity contribution in [2.75, 3.05) is 5.32 Å². The molecule has 2 bridgehead atoms. The molecule has 33 heavy (non-hydrogen) atoms. The number of rotatable bonds is 5. The van der Waals surface area contributed by atoms with E-state index >= 15 is 0 Å². The quantitative estimate of drug-likeness (QED) is 0.609. The van der Waals surface area contributed by atoms with Gasteiger partial charge in [-0.3, -0.25) is 25.1 Å². The molecular formula is C24H26N6O3. The molecule has 0 aliphatic heterocycles. The predicted molar refractivity (Wildman–Crippen MR) is 121 cm³/mol. The number of carbonyl (C=O) groups excluding carboxylic acids is 2. The van der Waals surface area contributed by atoms with Gasteiger partial charge in [0.25, 0.3) is 0 Å². The van der Waals surface area contributed by atoms with Crippen LogP contribution < -0.4 is 15.4 Å². The number of fused-ring (bicyclic) bond motifs is 3. The number of pyridine rings is 2. The zero-order chi connectivity index (χ0) is 22.8.